The number of nitro groups is 1. The van der Waals surface area contributed by atoms with Gasteiger partial charge in [0, 0.05) is 6.07 Å². The highest BCUT2D eigenvalue weighted by Gasteiger charge is 2.19. The van der Waals surface area contributed by atoms with Crippen LogP contribution in [0.1, 0.15) is 10.4 Å². The molecule has 1 rings (SSSR count). The van der Waals surface area contributed by atoms with Crippen molar-refractivity contribution >= 4 is 34.8 Å². The molecule has 0 bridgehead atoms. The molecule has 0 atom stereocenters. The number of aliphatic imine (C=N–C) groups is 1. The van der Waals surface area contributed by atoms with E-state index in [-0.39, 0.29) is 17.4 Å². The number of aromatic carboxylic acids is 1. The fourth-order valence-corrected chi connectivity index (χ4v) is 1.18. The quantitative estimate of drug-likeness (QED) is 0.279. The van der Waals surface area contributed by atoms with Gasteiger partial charge in [0.2, 0.25) is 0 Å². The number of carbonyl (C=O) groups is 1. The molecule has 0 fully saturated rings. The number of carboxylic acid groups (broad SMARTS) is 1. The van der Waals surface area contributed by atoms with Gasteiger partial charge in [-0.2, -0.15) is 0 Å². The summed E-state index contributed by atoms with van der Waals surface area (Å²) in [5.41, 5.74) is 4.60. The molecule has 0 aliphatic carbocycles. The number of nitro benzene ring substituents is 1. The number of carboxylic acids is 1. The summed E-state index contributed by atoms with van der Waals surface area (Å²) in [5, 5.41) is 19.4. The van der Waals surface area contributed by atoms with E-state index in [0.717, 1.165) is 12.1 Å². The van der Waals surface area contributed by atoms with Gasteiger partial charge in [0.05, 0.1) is 16.5 Å². The summed E-state index contributed by atoms with van der Waals surface area (Å²) in [4.78, 5) is 24.4. The third-order valence-corrected chi connectivity index (χ3v) is 2.09. The Hall–Kier alpha value is -2.15. The zero-order chi connectivity index (χ0) is 13.0. The van der Waals surface area contributed by atoms with Crippen LogP contribution in [0.4, 0.5) is 11.4 Å². The second kappa shape index (κ2) is 5.26. The molecule has 1 aromatic rings. The first kappa shape index (κ1) is 12.9. The molecule has 0 saturated heterocycles. The second-order valence-corrected chi connectivity index (χ2v) is 3.27. The lowest BCUT2D eigenvalue weighted by Gasteiger charge is -2.00. The molecule has 90 valence electrons. The van der Waals surface area contributed by atoms with Crippen LogP contribution in [0.25, 0.3) is 0 Å². The van der Waals surface area contributed by atoms with Gasteiger partial charge in [-0.05, 0) is 12.1 Å². The molecule has 8 heteroatoms. The average Bonchev–Trinajstić information content (AvgIpc) is 2.28. The molecule has 7 nitrogen and oxygen atoms in total. The number of benzene rings is 1. The minimum Gasteiger partial charge on any atom is -0.477 e. The van der Waals surface area contributed by atoms with Gasteiger partial charge >= 0.3 is 5.97 Å². The lowest BCUT2D eigenvalue weighted by atomic mass is 10.1. The van der Waals surface area contributed by atoms with Crippen molar-refractivity contribution < 1.29 is 14.8 Å². The van der Waals surface area contributed by atoms with Gasteiger partial charge in [0.15, 0.2) is 0 Å². The molecule has 0 radical (unpaired) electrons. The van der Waals surface area contributed by atoms with Crippen molar-refractivity contribution in [2.24, 2.45) is 10.7 Å². The number of rotatable bonds is 4. The summed E-state index contributed by atoms with van der Waals surface area (Å²) < 4.78 is 0. The third-order valence-electron chi connectivity index (χ3n) is 1.82. The predicted octanol–water partition coefficient (Wildman–Crippen LogP) is 1.52. The fraction of sp³-hybridized carbons (Fsp3) is 0.111. The first-order valence-electron chi connectivity index (χ1n) is 4.36. The van der Waals surface area contributed by atoms with Crippen LogP contribution in [0.3, 0.4) is 0 Å². The number of hydrogen-bond acceptors (Lipinski definition) is 4. The van der Waals surface area contributed by atoms with Gasteiger partial charge < -0.3 is 10.8 Å². The molecule has 0 heterocycles. The van der Waals surface area contributed by atoms with E-state index in [1.165, 1.54) is 6.07 Å². The van der Waals surface area contributed by atoms with Crippen molar-refractivity contribution in [2.45, 2.75) is 0 Å². The number of nitrogens with two attached hydrogens (primary N) is 1. The van der Waals surface area contributed by atoms with Crippen LogP contribution < -0.4 is 5.73 Å². The van der Waals surface area contributed by atoms with Crippen LogP contribution in [0.2, 0.25) is 0 Å². The topological polar surface area (TPSA) is 119 Å². The summed E-state index contributed by atoms with van der Waals surface area (Å²) in [6, 6.07) is 3.44. The minimum absolute atomic E-state index is 0.0194. The fourth-order valence-electron chi connectivity index (χ4n) is 1.12. The van der Waals surface area contributed by atoms with Crippen molar-refractivity contribution in [3.8, 4) is 0 Å². The van der Waals surface area contributed by atoms with E-state index in [1.54, 1.807) is 0 Å². The Morgan fingerprint density at radius 2 is 2.24 bits per heavy atom. The molecule has 0 aliphatic heterocycles. The smallest absolute Gasteiger partial charge is 0.342 e. The molecule has 0 aromatic heterocycles. The Morgan fingerprint density at radius 3 is 2.71 bits per heavy atom. The van der Waals surface area contributed by atoms with E-state index in [9.17, 15) is 14.9 Å². The molecule has 0 saturated carbocycles. The maximum Gasteiger partial charge on any atom is 0.342 e. The molecule has 3 N–H and O–H groups in total. The first-order valence-corrected chi connectivity index (χ1v) is 4.90. The van der Waals surface area contributed by atoms with Crippen molar-refractivity contribution in [1.82, 2.24) is 0 Å². The van der Waals surface area contributed by atoms with Crippen molar-refractivity contribution in [1.29, 1.82) is 0 Å². The summed E-state index contributed by atoms with van der Waals surface area (Å²) in [6.07, 6.45) is 0. The minimum atomic E-state index is -1.38. The van der Waals surface area contributed by atoms with E-state index in [0.29, 0.717) is 0 Å². The van der Waals surface area contributed by atoms with Gasteiger partial charge in [-0.15, -0.1) is 11.6 Å². The summed E-state index contributed by atoms with van der Waals surface area (Å²) >= 11 is 5.40. The summed E-state index contributed by atoms with van der Waals surface area (Å²) in [5.74, 6) is -1.31. The Bertz CT molecular complexity index is 501. The lowest BCUT2D eigenvalue weighted by Crippen LogP contribution is -2.12. The highest BCUT2D eigenvalue weighted by molar-refractivity contribution is 6.28. The summed E-state index contributed by atoms with van der Waals surface area (Å²) in [7, 11) is 0. The molecular weight excluding hydrogens is 250 g/mol. The van der Waals surface area contributed by atoms with E-state index in [1.807, 2.05) is 0 Å². The zero-order valence-corrected chi connectivity index (χ0v) is 9.22. The SMILES string of the molecule is NC(CCl)=Nc1ccc(C(=O)O)c([N+](=O)[O-])c1. The number of alkyl halides is 1. The van der Waals surface area contributed by atoms with Gasteiger partial charge in [-0.1, -0.05) is 0 Å². The molecule has 0 unspecified atom stereocenters. The number of halogens is 1. The highest BCUT2D eigenvalue weighted by atomic mass is 35.5. The Balaban J connectivity index is 3.28. The Labute approximate surface area is 101 Å². The molecule has 17 heavy (non-hydrogen) atoms. The third kappa shape index (κ3) is 3.15. The van der Waals surface area contributed by atoms with Crippen LogP contribution in [0.15, 0.2) is 23.2 Å². The lowest BCUT2D eigenvalue weighted by molar-refractivity contribution is -0.385. The maximum atomic E-state index is 10.7. The molecule has 0 spiro atoms. The van der Waals surface area contributed by atoms with E-state index in [4.69, 9.17) is 22.4 Å². The Morgan fingerprint density at radius 1 is 1.59 bits per heavy atom. The van der Waals surface area contributed by atoms with Crippen molar-refractivity contribution in [3.05, 3.63) is 33.9 Å². The van der Waals surface area contributed by atoms with E-state index < -0.39 is 22.1 Å². The van der Waals surface area contributed by atoms with Gasteiger partial charge in [-0.3, -0.25) is 10.1 Å². The molecule has 0 amide bonds. The zero-order valence-electron chi connectivity index (χ0n) is 8.46. The van der Waals surface area contributed by atoms with Gasteiger partial charge in [0.25, 0.3) is 5.69 Å². The maximum absolute atomic E-state index is 10.7. The summed E-state index contributed by atoms with van der Waals surface area (Å²) in [6.45, 7) is 0. The molecular formula is C9H8ClN3O4. The molecule has 1 aromatic carbocycles. The monoisotopic (exact) mass is 257 g/mol. The highest BCUT2D eigenvalue weighted by Crippen LogP contribution is 2.25. The van der Waals surface area contributed by atoms with Crippen LogP contribution >= 0.6 is 11.6 Å². The van der Waals surface area contributed by atoms with Crippen LogP contribution in [-0.2, 0) is 0 Å². The van der Waals surface area contributed by atoms with Crippen molar-refractivity contribution in [2.75, 3.05) is 5.88 Å². The first-order chi connectivity index (χ1) is 7.95. The van der Waals surface area contributed by atoms with E-state index in [2.05, 4.69) is 4.99 Å². The average molecular weight is 258 g/mol. The normalized spacial score (nSPS) is 11.2. The van der Waals surface area contributed by atoms with Gasteiger partial charge in [0.1, 0.15) is 11.4 Å². The number of nitrogens with zero attached hydrogens (tertiary/aromatic N) is 2. The molecule has 0 aliphatic rings. The standard InChI is InChI=1S/C9H8ClN3O4/c10-4-8(11)12-5-1-2-6(9(14)15)7(3-5)13(16)17/h1-3H,4H2,(H2,11,12)(H,14,15). The largest absolute Gasteiger partial charge is 0.477 e. The van der Waals surface area contributed by atoms with Crippen LogP contribution in [0, 0.1) is 10.1 Å². The number of amidine groups is 1. The van der Waals surface area contributed by atoms with E-state index >= 15 is 0 Å². The second-order valence-electron chi connectivity index (χ2n) is 3.00. The predicted molar refractivity (Wildman–Crippen MR) is 62.1 cm³/mol. The number of hydrogen-bond donors (Lipinski definition) is 2. The van der Waals surface area contributed by atoms with Crippen LogP contribution in [0.5, 0.6) is 0 Å². The Kier molecular flexibility index (Phi) is 4.00. The van der Waals surface area contributed by atoms with Crippen molar-refractivity contribution in [3.63, 3.8) is 0 Å². The van der Waals surface area contributed by atoms with Gasteiger partial charge in [-0.25, -0.2) is 9.79 Å². The van der Waals surface area contributed by atoms with Crippen LogP contribution in [-0.4, -0.2) is 27.7 Å².